The summed E-state index contributed by atoms with van der Waals surface area (Å²) in [6, 6.07) is 7.81. The Hall–Kier alpha value is -1.68. The number of para-hydroxylation sites is 2. The van der Waals surface area contributed by atoms with Gasteiger partial charge >= 0.3 is 0 Å². The Morgan fingerprint density at radius 3 is 2.65 bits per heavy atom. The number of nitrogens with one attached hydrogen (secondary N) is 1. The molecule has 2 rings (SSSR count). The molecule has 0 unspecified atom stereocenters. The molecule has 0 spiro atoms. The number of fused-ring (bicyclic) bond motifs is 1. The highest BCUT2D eigenvalue weighted by Gasteiger charge is 2.09. The van der Waals surface area contributed by atoms with Gasteiger partial charge in [0, 0.05) is 12.1 Å². The minimum absolute atomic E-state index is 0.0134. The van der Waals surface area contributed by atoms with Crippen LogP contribution in [0.25, 0.3) is 11.0 Å². The van der Waals surface area contributed by atoms with E-state index < -0.39 is 0 Å². The van der Waals surface area contributed by atoms with Crippen LogP contribution in [-0.4, -0.2) is 21.6 Å². The number of rotatable bonds is 4. The van der Waals surface area contributed by atoms with Gasteiger partial charge in [-0.3, -0.25) is 4.79 Å². The van der Waals surface area contributed by atoms with Crippen LogP contribution in [0.3, 0.4) is 0 Å². The quantitative estimate of drug-likeness (QED) is 0.871. The molecule has 0 aliphatic carbocycles. The van der Waals surface area contributed by atoms with E-state index in [2.05, 4.69) is 31.1 Å². The van der Waals surface area contributed by atoms with Gasteiger partial charge in [-0.2, -0.15) is 0 Å². The molecule has 1 heterocycles. The van der Waals surface area contributed by atoms with Crippen molar-refractivity contribution in [3.05, 3.63) is 40.3 Å². The summed E-state index contributed by atoms with van der Waals surface area (Å²) in [5.41, 5.74) is 2.49. The molecule has 4 heteroatoms. The Morgan fingerprint density at radius 2 is 1.95 bits per heavy atom. The lowest BCUT2D eigenvalue weighted by atomic mass is 10.1. The fraction of sp³-hybridized carbons (Fsp3) is 0.500. The lowest BCUT2D eigenvalue weighted by Crippen LogP contribution is -2.37. The van der Waals surface area contributed by atoms with Gasteiger partial charge in [0.25, 0.3) is 5.56 Å². The summed E-state index contributed by atoms with van der Waals surface area (Å²) in [6.45, 7) is 9.82. The summed E-state index contributed by atoms with van der Waals surface area (Å²) in [5.74, 6) is 0. The van der Waals surface area contributed by atoms with Gasteiger partial charge in [-0.25, -0.2) is 4.98 Å². The average Bonchev–Trinajstić information content (AvgIpc) is 2.37. The first-order chi connectivity index (χ1) is 9.38. The van der Waals surface area contributed by atoms with Gasteiger partial charge in [0.1, 0.15) is 5.69 Å². The van der Waals surface area contributed by atoms with Crippen molar-refractivity contribution in [2.24, 2.45) is 0 Å². The molecule has 0 radical (unpaired) electrons. The third-order valence-electron chi connectivity index (χ3n) is 3.23. The summed E-state index contributed by atoms with van der Waals surface area (Å²) in [7, 11) is 0. The van der Waals surface area contributed by atoms with Gasteiger partial charge < -0.3 is 9.88 Å². The molecule has 0 atom stereocenters. The minimum atomic E-state index is 0.0134. The number of aryl methyl sites for hydroxylation is 2. The smallest absolute Gasteiger partial charge is 0.272 e. The van der Waals surface area contributed by atoms with Crippen LogP contribution >= 0.6 is 0 Å². The van der Waals surface area contributed by atoms with Crippen LogP contribution < -0.4 is 10.9 Å². The summed E-state index contributed by atoms with van der Waals surface area (Å²) in [4.78, 5) is 16.6. The largest absolute Gasteiger partial charge is 0.312 e. The molecule has 0 amide bonds. The number of hydrogen-bond acceptors (Lipinski definition) is 3. The average molecular weight is 273 g/mol. The highest BCUT2D eigenvalue weighted by Crippen LogP contribution is 2.10. The maximum absolute atomic E-state index is 12.3. The predicted molar refractivity (Wildman–Crippen MR) is 83.1 cm³/mol. The van der Waals surface area contributed by atoms with E-state index in [4.69, 9.17) is 0 Å². The molecule has 0 fully saturated rings. The van der Waals surface area contributed by atoms with Crippen molar-refractivity contribution < 1.29 is 0 Å². The standard InChI is InChI=1S/C16H23N3O/c1-12-15(20)19(11-7-10-17-16(2,3)4)14-9-6-5-8-13(14)18-12/h5-6,8-9,17H,7,10-11H2,1-4H3. The summed E-state index contributed by atoms with van der Waals surface area (Å²) in [6.07, 6.45) is 0.921. The second-order valence-corrected chi connectivity index (χ2v) is 6.17. The van der Waals surface area contributed by atoms with E-state index in [9.17, 15) is 4.79 Å². The molecule has 1 aromatic heterocycles. The van der Waals surface area contributed by atoms with Gasteiger partial charge in [0.05, 0.1) is 11.0 Å². The van der Waals surface area contributed by atoms with E-state index in [1.54, 1.807) is 6.92 Å². The van der Waals surface area contributed by atoms with Gasteiger partial charge in [0.2, 0.25) is 0 Å². The zero-order valence-corrected chi connectivity index (χ0v) is 12.7. The van der Waals surface area contributed by atoms with Gasteiger partial charge in [0.15, 0.2) is 0 Å². The van der Waals surface area contributed by atoms with Crippen molar-refractivity contribution in [1.29, 1.82) is 0 Å². The molecule has 0 aliphatic heterocycles. The third kappa shape index (κ3) is 3.45. The predicted octanol–water partition coefficient (Wildman–Crippen LogP) is 2.48. The highest BCUT2D eigenvalue weighted by molar-refractivity contribution is 5.74. The molecule has 0 saturated heterocycles. The molecule has 0 aliphatic rings. The molecule has 1 N–H and O–H groups in total. The Kier molecular flexibility index (Phi) is 4.23. The summed E-state index contributed by atoms with van der Waals surface area (Å²) < 4.78 is 1.84. The van der Waals surface area contributed by atoms with Gasteiger partial charge in [-0.1, -0.05) is 12.1 Å². The molecule has 108 valence electrons. The molecule has 0 bridgehead atoms. The van der Waals surface area contributed by atoms with E-state index in [0.29, 0.717) is 12.2 Å². The number of benzene rings is 1. The maximum atomic E-state index is 12.3. The van der Waals surface area contributed by atoms with Crippen molar-refractivity contribution >= 4 is 11.0 Å². The van der Waals surface area contributed by atoms with Crippen LogP contribution in [0, 0.1) is 6.92 Å². The molecular weight excluding hydrogens is 250 g/mol. The molecule has 0 saturated carbocycles. The van der Waals surface area contributed by atoms with E-state index in [0.717, 1.165) is 24.0 Å². The highest BCUT2D eigenvalue weighted by atomic mass is 16.1. The van der Waals surface area contributed by atoms with Crippen molar-refractivity contribution in [2.45, 2.75) is 46.2 Å². The Bertz CT molecular complexity index is 653. The summed E-state index contributed by atoms with van der Waals surface area (Å²) in [5, 5.41) is 3.44. The number of aromatic nitrogens is 2. The van der Waals surface area contributed by atoms with Crippen LogP contribution in [0.4, 0.5) is 0 Å². The molecule has 20 heavy (non-hydrogen) atoms. The first-order valence-corrected chi connectivity index (χ1v) is 7.10. The monoisotopic (exact) mass is 273 g/mol. The van der Waals surface area contributed by atoms with E-state index in [-0.39, 0.29) is 11.1 Å². The topological polar surface area (TPSA) is 46.9 Å². The number of hydrogen-bond donors (Lipinski definition) is 1. The first kappa shape index (κ1) is 14.7. The zero-order chi connectivity index (χ0) is 14.8. The molecular formula is C16H23N3O. The minimum Gasteiger partial charge on any atom is -0.312 e. The zero-order valence-electron chi connectivity index (χ0n) is 12.7. The van der Waals surface area contributed by atoms with Crippen LogP contribution in [0.1, 0.15) is 32.9 Å². The lowest BCUT2D eigenvalue weighted by Gasteiger charge is -2.20. The van der Waals surface area contributed by atoms with Crippen LogP contribution in [0.5, 0.6) is 0 Å². The molecule has 1 aromatic carbocycles. The van der Waals surface area contributed by atoms with Crippen molar-refractivity contribution in [3.63, 3.8) is 0 Å². The second-order valence-electron chi connectivity index (χ2n) is 6.17. The van der Waals surface area contributed by atoms with E-state index >= 15 is 0 Å². The Labute approximate surface area is 119 Å². The Morgan fingerprint density at radius 1 is 1.25 bits per heavy atom. The molecule has 2 aromatic rings. The number of nitrogens with zero attached hydrogens (tertiary/aromatic N) is 2. The van der Waals surface area contributed by atoms with Gasteiger partial charge in [-0.05, 0) is 52.8 Å². The van der Waals surface area contributed by atoms with Crippen molar-refractivity contribution in [3.8, 4) is 0 Å². The van der Waals surface area contributed by atoms with Crippen LogP contribution in [0.15, 0.2) is 29.1 Å². The van der Waals surface area contributed by atoms with Gasteiger partial charge in [-0.15, -0.1) is 0 Å². The van der Waals surface area contributed by atoms with Crippen molar-refractivity contribution in [2.75, 3.05) is 6.54 Å². The van der Waals surface area contributed by atoms with E-state index in [1.165, 1.54) is 0 Å². The first-order valence-electron chi connectivity index (χ1n) is 7.10. The third-order valence-corrected chi connectivity index (χ3v) is 3.23. The normalized spacial score (nSPS) is 12.0. The van der Waals surface area contributed by atoms with Crippen LogP contribution in [-0.2, 0) is 6.54 Å². The maximum Gasteiger partial charge on any atom is 0.272 e. The summed E-state index contributed by atoms with van der Waals surface area (Å²) >= 11 is 0. The fourth-order valence-corrected chi connectivity index (χ4v) is 2.24. The SMILES string of the molecule is Cc1nc2ccccc2n(CCCNC(C)(C)C)c1=O. The van der Waals surface area contributed by atoms with Crippen molar-refractivity contribution in [1.82, 2.24) is 14.9 Å². The lowest BCUT2D eigenvalue weighted by molar-refractivity contribution is 0.413. The molecule has 4 nitrogen and oxygen atoms in total. The Balaban J connectivity index is 2.21. The second kappa shape index (κ2) is 5.75. The van der Waals surface area contributed by atoms with E-state index in [1.807, 2.05) is 28.8 Å². The fourth-order valence-electron chi connectivity index (χ4n) is 2.24. The van der Waals surface area contributed by atoms with Crippen LogP contribution in [0.2, 0.25) is 0 Å².